The summed E-state index contributed by atoms with van der Waals surface area (Å²) in [6.07, 6.45) is 5.54. The number of aromatic amines is 1. The fourth-order valence-electron chi connectivity index (χ4n) is 3.33. The van der Waals surface area contributed by atoms with Crippen LogP contribution in [0.2, 0.25) is 0 Å². The van der Waals surface area contributed by atoms with Crippen LogP contribution in [0.5, 0.6) is 5.75 Å². The molecule has 2 aromatic heterocycles. The van der Waals surface area contributed by atoms with Gasteiger partial charge in [-0.05, 0) is 70.1 Å². The van der Waals surface area contributed by atoms with E-state index >= 15 is 0 Å². The fourth-order valence-corrected chi connectivity index (χ4v) is 3.55. The van der Waals surface area contributed by atoms with Gasteiger partial charge in [-0.3, -0.25) is 9.89 Å². The maximum Gasteiger partial charge on any atom is 0.338 e. The van der Waals surface area contributed by atoms with Crippen LogP contribution in [0.4, 0.5) is 15.9 Å². The predicted molar refractivity (Wildman–Crippen MR) is 118 cm³/mol. The number of carbonyl (C=O) groups is 1. The second kappa shape index (κ2) is 8.58. The summed E-state index contributed by atoms with van der Waals surface area (Å²) >= 11 is 5.38. The highest BCUT2D eigenvalue weighted by Gasteiger charge is 2.22. The minimum atomic E-state index is -2.38. The van der Waals surface area contributed by atoms with E-state index in [2.05, 4.69) is 25.4 Å². The van der Waals surface area contributed by atoms with E-state index < -0.39 is 5.06 Å². The molecule has 0 aliphatic carbocycles. The van der Waals surface area contributed by atoms with Gasteiger partial charge in [0.2, 0.25) is 0 Å². The van der Waals surface area contributed by atoms with E-state index in [1.807, 2.05) is 6.07 Å². The lowest BCUT2D eigenvalue weighted by Crippen LogP contribution is -2.21. The Kier molecular flexibility index (Phi) is 5.88. The van der Waals surface area contributed by atoms with Crippen LogP contribution in [0.25, 0.3) is 11.3 Å². The second-order valence-corrected chi connectivity index (χ2v) is 8.52. The number of pyridine rings is 1. The van der Waals surface area contributed by atoms with Gasteiger partial charge in [0.25, 0.3) is 5.91 Å². The molecule has 0 saturated carbocycles. The molecule has 7 nitrogen and oxygen atoms in total. The van der Waals surface area contributed by atoms with Crippen LogP contribution in [0, 0.1) is 0 Å². The molecule has 2 N–H and O–H groups in total. The van der Waals surface area contributed by atoms with Gasteiger partial charge in [0.05, 0.1) is 11.3 Å². The van der Waals surface area contributed by atoms with Crippen molar-refractivity contribution >= 4 is 38.3 Å². The molecule has 30 heavy (non-hydrogen) atoms. The van der Waals surface area contributed by atoms with Gasteiger partial charge < -0.3 is 15.0 Å². The number of nitrogens with one attached hydrogen (secondary N) is 2. The van der Waals surface area contributed by atoms with Crippen molar-refractivity contribution in [1.29, 1.82) is 0 Å². The summed E-state index contributed by atoms with van der Waals surface area (Å²) in [6, 6.07) is 9.87. The molecule has 1 aliphatic heterocycles. The number of aromatic nitrogens is 3. The summed E-state index contributed by atoms with van der Waals surface area (Å²) in [7, 11) is 1.74. The molecule has 1 amide bonds. The average molecular weight is 448 g/mol. The maximum absolute atomic E-state index is 13.3. The molecule has 156 valence electrons. The molecule has 3 heterocycles. The highest BCUT2D eigenvalue weighted by molar-refractivity contribution is 7.21. The van der Waals surface area contributed by atoms with E-state index in [4.69, 9.17) is 16.3 Å². The number of H-pyrrole nitrogens is 1. The Labute approximate surface area is 180 Å². The van der Waals surface area contributed by atoms with Crippen LogP contribution in [-0.2, 0) is 0 Å². The zero-order valence-corrected chi connectivity index (χ0v) is 17.8. The third-order valence-corrected chi connectivity index (χ3v) is 4.87. The van der Waals surface area contributed by atoms with Gasteiger partial charge in [-0.2, -0.15) is 9.49 Å². The van der Waals surface area contributed by atoms with Crippen LogP contribution < -0.4 is 15.0 Å². The topological polar surface area (TPSA) is 83.1 Å². The van der Waals surface area contributed by atoms with E-state index in [0.29, 0.717) is 11.3 Å². The number of hydrogen-bond donors (Lipinski definition) is 2. The Morgan fingerprint density at radius 2 is 2.00 bits per heavy atom. The summed E-state index contributed by atoms with van der Waals surface area (Å²) in [5.41, 5.74) is 2.47. The van der Waals surface area contributed by atoms with Crippen molar-refractivity contribution in [1.82, 2.24) is 15.2 Å². The number of amides is 1. The van der Waals surface area contributed by atoms with Crippen molar-refractivity contribution in [2.24, 2.45) is 0 Å². The van der Waals surface area contributed by atoms with Gasteiger partial charge in [0.1, 0.15) is 11.6 Å². The molecule has 2 unspecified atom stereocenters. The number of ether oxygens (including phenoxy) is 1. The smallest absolute Gasteiger partial charge is 0.338 e. The predicted octanol–water partition coefficient (Wildman–Crippen LogP) is 4.40. The molecule has 0 spiro atoms. The molecule has 1 saturated heterocycles. The Morgan fingerprint density at radius 3 is 2.63 bits per heavy atom. The standard InChI is InChI=1S/C20H20ClFN5O2P/c21-20(22,30)29-15-5-3-14(4-6-15)25-19(28)13-11-16(17-7-8-24-26-17)18(23-12-13)27-9-1-2-10-27/h3-8,11-12H,1-2,9-10,30H2,(H,24,26)(H,25,28). The van der Waals surface area contributed by atoms with E-state index in [9.17, 15) is 9.18 Å². The summed E-state index contributed by atoms with van der Waals surface area (Å²) < 4.78 is 18.2. The average Bonchev–Trinajstić information content (AvgIpc) is 3.42. The summed E-state index contributed by atoms with van der Waals surface area (Å²) in [5.74, 6) is 0.743. The first kappa shape index (κ1) is 20.6. The number of nitrogens with zero attached hydrogens (tertiary/aromatic N) is 3. The van der Waals surface area contributed by atoms with Crippen LogP contribution in [-0.4, -0.2) is 39.2 Å². The molecule has 4 rings (SSSR count). The third-order valence-electron chi connectivity index (χ3n) is 4.68. The van der Waals surface area contributed by atoms with Gasteiger partial charge in [-0.15, -0.1) is 0 Å². The Bertz CT molecular complexity index is 1020. The van der Waals surface area contributed by atoms with E-state index in [0.717, 1.165) is 43.0 Å². The van der Waals surface area contributed by atoms with Gasteiger partial charge in [-0.1, -0.05) is 0 Å². The zero-order valence-electron chi connectivity index (χ0n) is 15.9. The molecular formula is C20H20ClFN5O2P. The molecule has 1 aromatic carbocycles. The summed E-state index contributed by atoms with van der Waals surface area (Å²) in [5, 5.41) is 7.49. The number of carbonyl (C=O) groups excluding carboxylic acids is 1. The number of rotatable bonds is 6. The van der Waals surface area contributed by atoms with E-state index in [-0.39, 0.29) is 11.7 Å². The number of benzene rings is 1. The normalized spacial score (nSPS) is 15.6. The first-order valence-electron chi connectivity index (χ1n) is 9.41. The van der Waals surface area contributed by atoms with Gasteiger partial charge in [0, 0.05) is 36.7 Å². The number of anilines is 2. The zero-order chi connectivity index (χ0) is 21.1. The number of alkyl halides is 2. The first-order chi connectivity index (χ1) is 14.4. The molecule has 0 radical (unpaired) electrons. The Balaban J connectivity index is 1.55. The van der Waals surface area contributed by atoms with E-state index in [1.165, 1.54) is 12.1 Å². The fraction of sp³-hybridized carbons (Fsp3) is 0.250. The van der Waals surface area contributed by atoms with Crippen molar-refractivity contribution in [2.45, 2.75) is 17.9 Å². The SMILES string of the molecule is O=C(Nc1ccc(OC(F)(P)Cl)cc1)c1cnc(N2CCCC2)c(-c2cc[nH]n2)c1. The summed E-state index contributed by atoms with van der Waals surface area (Å²) in [4.78, 5) is 19.5. The first-order valence-corrected chi connectivity index (χ1v) is 10.4. The number of halogens is 2. The van der Waals surface area contributed by atoms with Crippen molar-refractivity contribution in [3.05, 3.63) is 54.4 Å². The molecule has 10 heteroatoms. The Hall–Kier alpha value is -2.70. The highest BCUT2D eigenvalue weighted by atomic mass is 35.5. The largest absolute Gasteiger partial charge is 0.442 e. The van der Waals surface area contributed by atoms with Crippen molar-refractivity contribution in [2.75, 3.05) is 23.3 Å². The molecule has 1 fully saturated rings. The molecule has 0 bridgehead atoms. The van der Waals surface area contributed by atoms with E-state index in [1.54, 1.807) is 39.8 Å². The van der Waals surface area contributed by atoms with Gasteiger partial charge in [0.15, 0.2) is 0 Å². The lowest BCUT2D eigenvalue weighted by atomic mass is 10.1. The van der Waals surface area contributed by atoms with Crippen molar-refractivity contribution in [3.8, 4) is 17.0 Å². The minimum absolute atomic E-state index is 0.234. The van der Waals surface area contributed by atoms with Crippen LogP contribution in [0.15, 0.2) is 48.8 Å². The van der Waals surface area contributed by atoms with Crippen molar-refractivity contribution < 1.29 is 13.9 Å². The molecule has 1 aliphatic rings. The van der Waals surface area contributed by atoms with Gasteiger partial charge in [-0.25, -0.2) is 4.98 Å². The number of hydrogen-bond acceptors (Lipinski definition) is 5. The highest BCUT2D eigenvalue weighted by Crippen LogP contribution is 2.32. The third kappa shape index (κ3) is 4.89. The second-order valence-electron chi connectivity index (χ2n) is 6.89. The van der Waals surface area contributed by atoms with Crippen LogP contribution >= 0.6 is 20.8 Å². The quantitative estimate of drug-likeness (QED) is 0.432. The molecule has 3 aromatic rings. The molecular weight excluding hydrogens is 428 g/mol. The Morgan fingerprint density at radius 1 is 1.27 bits per heavy atom. The molecule has 2 atom stereocenters. The maximum atomic E-state index is 13.3. The minimum Gasteiger partial charge on any atom is -0.442 e. The van der Waals surface area contributed by atoms with Crippen molar-refractivity contribution in [3.63, 3.8) is 0 Å². The lowest BCUT2D eigenvalue weighted by molar-refractivity contribution is 0.102. The lowest BCUT2D eigenvalue weighted by Gasteiger charge is -2.20. The van der Waals surface area contributed by atoms with Gasteiger partial charge >= 0.3 is 5.06 Å². The summed E-state index contributed by atoms with van der Waals surface area (Å²) in [6.45, 7) is 1.87. The van der Waals surface area contributed by atoms with Crippen LogP contribution in [0.1, 0.15) is 23.2 Å². The monoisotopic (exact) mass is 447 g/mol. The van der Waals surface area contributed by atoms with Crippen LogP contribution in [0.3, 0.4) is 0 Å².